The Bertz CT molecular complexity index is 921. The Morgan fingerprint density at radius 3 is 0.667 bits per heavy atom. The first-order chi connectivity index (χ1) is 32.6. The van der Waals surface area contributed by atoms with Gasteiger partial charge < -0.3 is 14.6 Å². The molecule has 0 fully saturated rings. The third-order valence-electron chi connectivity index (χ3n) is 14.4. The van der Waals surface area contributed by atoms with Gasteiger partial charge in [-0.2, -0.15) is 0 Å². The molecule has 0 bridgehead atoms. The van der Waals surface area contributed by atoms with Gasteiger partial charge in [0.2, 0.25) is 0 Å². The van der Waals surface area contributed by atoms with Crippen molar-refractivity contribution in [2.75, 3.05) is 13.2 Å². The fraction of sp³-hybridized carbons (Fsp3) is 0.967. The molecule has 5 nitrogen and oxygen atoms in total. The van der Waals surface area contributed by atoms with Gasteiger partial charge in [0, 0.05) is 12.8 Å². The van der Waals surface area contributed by atoms with E-state index in [0.29, 0.717) is 12.8 Å². The molecule has 394 valence electrons. The molecule has 0 aromatic rings. The summed E-state index contributed by atoms with van der Waals surface area (Å²) in [6, 6.07) is 0. The number of aliphatic hydroxyl groups excluding tert-OH is 1. The first kappa shape index (κ1) is 64.9. The van der Waals surface area contributed by atoms with Crippen molar-refractivity contribution >= 4 is 11.9 Å². The summed E-state index contributed by atoms with van der Waals surface area (Å²) >= 11 is 0. The number of hydrogen-bond acceptors (Lipinski definition) is 5. The molecule has 0 saturated heterocycles. The van der Waals surface area contributed by atoms with Gasteiger partial charge in [0.1, 0.15) is 6.61 Å². The molecule has 0 saturated carbocycles. The number of esters is 2. The van der Waals surface area contributed by atoms with Gasteiger partial charge in [-0.15, -0.1) is 0 Å². The predicted molar refractivity (Wildman–Crippen MR) is 289 cm³/mol. The van der Waals surface area contributed by atoms with Crippen molar-refractivity contribution in [3.05, 3.63) is 0 Å². The summed E-state index contributed by atoms with van der Waals surface area (Å²) < 4.78 is 10.7. The van der Waals surface area contributed by atoms with Gasteiger partial charge >= 0.3 is 11.9 Å². The van der Waals surface area contributed by atoms with E-state index in [1.165, 1.54) is 302 Å². The fourth-order valence-electron chi connectivity index (χ4n) is 9.80. The normalized spacial score (nSPS) is 12.0. The molecule has 1 N–H and O–H groups in total. The summed E-state index contributed by atoms with van der Waals surface area (Å²) in [5.41, 5.74) is 0. The highest BCUT2D eigenvalue weighted by molar-refractivity contribution is 5.70. The van der Waals surface area contributed by atoms with Crippen molar-refractivity contribution in [2.24, 2.45) is 0 Å². The van der Waals surface area contributed by atoms with Crippen molar-refractivity contribution in [3.8, 4) is 0 Å². The lowest BCUT2D eigenvalue weighted by atomic mass is 10.0. The van der Waals surface area contributed by atoms with Crippen LogP contribution in [0.4, 0.5) is 0 Å². The molecule has 0 heterocycles. The number of rotatable bonds is 58. The van der Waals surface area contributed by atoms with Crippen LogP contribution in [0, 0.1) is 0 Å². The van der Waals surface area contributed by atoms with Crippen LogP contribution in [0.25, 0.3) is 0 Å². The number of carbonyl (C=O) groups excluding carboxylic acids is 2. The van der Waals surface area contributed by atoms with E-state index in [1.54, 1.807) is 0 Å². The molecular weight excluding hydrogens is 813 g/mol. The number of aliphatic hydroxyl groups is 1. The molecule has 0 radical (unpaired) electrons. The zero-order chi connectivity index (χ0) is 47.7. The zero-order valence-electron chi connectivity index (χ0n) is 45.3. The smallest absolute Gasteiger partial charge is 0.306 e. The van der Waals surface area contributed by atoms with E-state index in [4.69, 9.17) is 9.47 Å². The largest absolute Gasteiger partial charge is 0.462 e. The highest BCUT2D eigenvalue weighted by Crippen LogP contribution is 2.19. The Kier molecular flexibility index (Phi) is 57.2. The molecule has 0 spiro atoms. The first-order valence-electron chi connectivity index (χ1n) is 30.6. The lowest BCUT2D eigenvalue weighted by Crippen LogP contribution is -2.28. The summed E-state index contributed by atoms with van der Waals surface area (Å²) in [5.74, 6) is -0.561. The SMILES string of the molecule is CCCCCCCCCCCCCCCCCCCCCCCCCCCCCCCCC(=O)OC(CO)COC(=O)CCCCCCCCCCCCCCCCCCCCCCCC. The number of hydrogen-bond donors (Lipinski definition) is 1. The van der Waals surface area contributed by atoms with Crippen LogP contribution in [0.5, 0.6) is 0 Å². The molecular formula is C61H120O5. The molecule has 66 heavy (non-hydrogen) atoms. The van der Waals surface area contributed by atoms with Gasteiger partial charge in [-0.3, -0.25) is 9.59 Å². The number of ether oxygens (including phenoxy) is 2. The molecule has 0 aromatic heterocycles. The minimum Gasteiger partial charge on any atom is -0.462 e. The standard InChI is InChI=1S/C61H120O5/c1-3-5-7-9-11-13-15-17-19-21-23-25-27-28-29-30-31-32-33-34-36-38-40-42-44-46-48-50-52-54-56-61(64)66-59(57-62)58-65-60(63)55-53-51-49-47-45-43-41-39-37-35-26-24-22-20-18-16-14-12-10-8-6-4-2/h59,62H,3-58H2,1-2H3. The van der Waals surface area contributed by atoms with E-state index in [9.17, 15) is 14.7 Å². The molecule has 0 rings (SSSR count). The van der Waals surface area contributed by atoms with Crippen molar-refractivity contribution < 1.29 is 24.2 Å². The maximum Gasteiger partial charge on any atom is 0.306 e. The van der Waals surface area contributed by atoms with E-state index >= 15 is 0 Å². The van der Waals surface area contributed by atoms with E-state index in [-0.39, 0.29) is 25.2 Å². The number of unbranched alkanes of at least 4 members (excludes halogenated alkanes) is 50. The highest BCUT2D eigenvalue weighted by atomic mass is 16.6. The fourth-order valence-corrected chi connectivity index (χ4v) is 9.80. The topological polar surface area (TPSA) is 72.8 Å². The summed E-state index contributed by atoms with van der Waals surface area (Å²) in [6.07, 6.45) is 71.1. The lowest BCUT2D eigenvalue weighted by Gasteiger charge is -2.15. The molecule has 1 unspecified atom stereocenters. The molecule has 0 aliphatic carbocycles. The van der Waals surface area contributed by atoms with Crippen LogP contribution < -0.4 is 0 Å². The van der Waals surface area contributed by atoms with Gasteiger partial charge in [0.05, 0.1) is 6.61 Å². The van der Waals surface area contributed by atoms with Gasteiger partial charge in [-0.1, -0.05) is 335 Å². The van der Waals surface area contributed by atoms with Crippen LogP contribution >= 0.6 is 0 Å². The van der Waals surface area contributed by atoms with E-state index in [0.717, 1.165) is 32.1 Å². The Morgan fingerprint density at radius 2 is 0.470 bits per heavy atom. The van der Waals surface area contributed by atoms with E-state index < -0.39 is 6.10 Å². The Hall–Kier alpha value is -1.10. The quantitative estimate of drug-likeness (QED) is 0.0486. The average molecular weight is 934 g/mol. The van der Waals surface area contributed by atoms with Crippen molar-refractivity contribution in [1.29, 1.82) is 0 Å². The Labute approximate surface area is 414 Å². The van der Waals surface area contributed by atoms with Crippen molar-refractivity contribution in [2.45, 2.75) is 367 Å². The van der Waals surface area contributed by atoms with Gasteiger partial charge in [0.25, 0.3) is 0 Å². The van der Waals surface area contributed by atoms with Crippen LogP contribution in [0.15, 0.2) is 0 Å². The molecule has 0 amide bonds. The maximum absolute atomic E-state index is 12.3. The van der Waals surface area contributed by atoms with Crippen LogP contribution in [-0.4, -0.2) is 36.4 Å². The second-order valence-electron chi connectivity index (χ2n) is 21.2. The third kappa shape index (κ3) is 55.5. The predicted octanol–water partition coefficient (Wildman–Crippen LogP) is 20.5. The zero-order valence-corrected chi connectivity index (χ0v) is 45.3. The molecule has 0 aromatic carbocycles. The second-order valence-corrected chi connectivity index (χ2v) is 21.2. The van der Waals surface area contributed by atoms with Crippen LogP contribution in [0.3, 0.4) is 0 Å². The first-order valence-corrected chi connectivity index (χ1v) is 30.6. The van der Waals surface area contributed by atoms with E-state index in [1.807, 2.05) is 0 Å². The van der Waals surface area contributed by atoms with Crippen LogP contribution in [-0.2, 0) is 19.1 Å². The van der Waals surface area contributed by atoms with Crippen molar-refractivity contribution in [3.63, 3.8) is 0 Å². The third-order valence-corrected chi connectivity index (χ3v) is 14.4. The monoisotopic (exact) mass is 933 g/mol. The summed E-state index contributed by atoms with van der Waals surface area (Å²) in [5, 5.41) is 9.67. The second kappa shape index (κ2) is 58.2. The van der Waals surface area contributed by atoms with Crippen LogP contribution in [0.1, 0.15) is 361 Å². The maximum atomic E-state index is 12.3. The summed E-state index contributed by atoms with van der Waals surface area (Å²) in [4.78, 5) is 24.5. The molecule has 1 atom stereocenters. The summed E-state index contributed by atoms with van der Waals surface area (Å²) in [6.45, 7) is 4.22. The number of carbonyl (C=O) groups is 2. The Morgan fingerprint density at radius 1 is 0.288 bits per heavy atom. The highest BCUT2D eigenvalue weighted by Gasteiger charge is 2.16. The molecule has 0 aliphatic rings. The molecule has 0 aliphatic heterocycles. The molecule has 5 heteroatoms. The van der Waals surface area contributed by atoms with Gasteiger partial charge in [0.15, 0.2) is 6.10 Å². The minimum atomic E-state index is -0.764. The summed E-state index contributed by atoms with van der Waals surface area (Å²) in [7, 11) is 0. The van der Waals surface area contributed by atoms with Crippen LogP contribution in [0.2, 0.25) is 0 Å². The van der Waals surface area contributed by atoms with Crippen molar-refractivity contribution in [1.82, 2.24) is 0 Å². The van der Waals surface area contributed by atoms with Gasteiger partial charge in [-0.05, 0) is 12.8 Å². The minimum absolute atomic E-state index is 0.0556. The Balaban J connectivity index is 3.37. The average Bonchev–Trinajstić information content (AvgIpc) is 3.32. The lowest BCUT2D eigenvalue weighted by molar-refractivity contribution is -0.161. The van der Waals surface area contributed by atoms with E-state index in [2.05, 4.69) is 13.8 Å². The van der Waals surface area contributed by atoms with Gasteiger partial charge in [-0.25, -0.2) is 0 Å².